The van der Waals surface area contributed by atoms with Crippen molar-refractivity contribution in [1.29, 1.82) is 0 Å². The van der Waals surface area contributed by atoms with Crippen LogP contribution in [0.25, 0.3) is 0 Å². The number of hydrogen-bond donors (Lipinski definition) is 1. The van der Waals surface area contributed by atoms with Gasteiger partial charge < -0.3 is 24.6 Å². The van der Waals surface area contributed by atoms with Gasteiger partial charge in [0.05, 0.1) is 32.1 Å². The van der Waals surface area contributed by atoms with Gasteiger partial charge in [0.1, 0.15) is 0 Å². The molecule has 2 amide bonds. The van der Waals surface area contributed by atoms with E-state index in [1.54, 1.807) is 4.90 Å². The number of ether oxygens (including phenoxy) is 2. The lowest BCUT2D eigenvalue weighted by molar-refractivity contribution is -0.0246. The normalized spacial score (nSPS) is 18.1. The SMILES string of the molecule is COc1ccnc(CNC(=O)N2CCOC(CN(C)C)C2)c1F. The molecule has 0 radical (unpaired) electrons. The molecule has 1 fully saturated rings. The molecule has 23 heavy (non-hydrogen) atoms. The fourth-order valence-electron chi connectivity index (χ4n) is 2.44. The molecule has 2 heterocycles. The second-order valence-corrected chi connectivity index (χ2v) is 5.63. The van der Waals surface area contributed by atoms with Crippen LogP contribution in [0.1, 0.15) is 5.69 Å². The molecule has 0 spiro atoms. The predicted molar refractivity (Wildman–Crippen MR) is 82.8 cm³/mol. The molecule has 0 aromatic carbocycles. The molecular formula is C15H23FN4O3. The summed E-state index contributed by atoms with van der Waals surface area (Å²) in [6.45, 7) is 2.28. The van der Waals surface area contributed by atoms with Gasteiger partial charge in [0.25, 0.3) is 0 Å². The fourth-order valence-corrected chi connectivity index (χ4v) is 2.44. The van der Waals surface area contributed by atoms with Crippen LogP contribution in [0.2, 0.25) is 0 Å². The number of morpholine rings is 1. The topological polar surface area (TPSA) is 66.9 Å². The van der Waals surface area contributed by atoms with Crippen molar-refractivity contribution in [2.24, 2.45) is 0 Å². The van der Waals surface area contributed by atoms with E-state index < -0.39 is 5.82 Å². The largest absolute Gasteiger partial charge is 0.494 e. The molecule has 2 rings (SSSR count). The van der Waals surface area contributed by atoms with Crippen LogP contribution in [0.5, 0.6) is 5.75 Å². The van der Waals surface area contributed by atoms with Crippen molar-refractivity contribution < 1.29 is 18.7 Å². The van der Waals surface area contributed by atoms with Crippen molar-refractivity contribution in [3.8, 4) is 5.75 Å². The zero-order valence-corrected chi connectivity index (χ0v) is 13.7. The molecule has 1 N–H and O–H groups in total. The number of hydrogen-bond acceptors (Lipinski definition) is 5. The van der Waals surface area contributed by atoms with Crippen LogP contribution in [0.4, 0.5) is 9.18 Å². The number of methoxy groups -OCH3 is 1. The molecular weight excluding hydrogens is 303 g/mol. The molecule has 1 aromatic heterocycles. The second-order valence-electron chi connectivity index (χ2n) is 5.63. The van der Waals surface area contributed by atoms with Crippen LogP contribution in [0.15, 0.2) is 12.3 Å². The van der Waals surface area contributed by atoms with E-state index >= 15 is 0 Å². The molecule has 7 nitrogen and oxygen atoms in total. The number of pyridine rings is 1. The van der Waals surface area contributed by atoms with E-state index in [1.165, 1.54) is 19.4 Å². The maximum Gasteiger partial charge on any atom is 0.317 e. The van der Waals surface area contributed by atoms with Gasteiger partial charge in [0.15, 0.2) is 11.6 Å². The highest BCUT2D eigenvalue weighted by Crippen LogP contribution is 2.17. The van der Waals surface area contributed by atoms with Gasteiger partial charge in [-0.1, -0.05) is 0 Å². The molecule has 0 aliphatic carbocycles. The first kappa shape index (κ1) is 17.4. The van der Waals surface area contributed by atoms with Gasteiger partial charge in [-0.05, 0) is 14.1 Å². The molecule has 1 atom stereocenters. The van der Waals surface area contributed by atoms with Gasteiger partial charge in [-0.2, -0.15) is 0 Å². The van der Waals surface area contributed by atoms with E-state index in [1.807, 2.05) is 19.0 Å². The summed E-state index contributed by atoms with van der Waals surface area (Å²) in [4.78, 5) is 19.9. The number of halogens is 1. The highest BCUT2D eigenvalue weighted by atomic mass is 19.1. The summed E-state index contributed by atoms with van der Waals surface area (Å²) in [6.07, 6.45) is 1.43. The Balaban J connectivity index is 1.89. The molecule has 1 aliphatic heterocycles. The molecule has 0 bridgehead atoms. The Morgan fingerprint density at radius 3 is 3.09 bits per heavy atom. The maximum atomic E-state index is 14.0. The van der Waals surface area contributed by atoms with Crippen molar-refractivity contribution in [1.82, 2.24) is 20.1 Å². The van der Waals surface area contributed by atoms with Crippen LogP contribution in [-0.2, 0) is 11.3 Å². The quantitative estimate of drug-likeness (QED) is 0.863. The molecule has 1 aliphatic rings. The number of carbonyl (C=O) groups is 1. The van der Waals surface area contributed by atoms with Gasteiger partial charge in [0.2, 0.25) is 0 Å². The zero-order chi connectivity index (χ0) is 16.8. The molecule has 128 valence electrons. The molecule has 1 aromatic rings. The van der Waals surface area contributed by atoms with Crippen molar-refractivity contribution in [3.63, 3.8) is 0 Å². The van der Waals surface area contributed by atoms with Gasteiger partial charge >= 0.3 is 6.03 Å². The standard InChI is InChI=1S/C15H23FN4O3/c1-19(2)9-11-10-20(6-7-23-11)15(21)18-8-12-14(16)13(22-3)4-5-17-12/h4-5,11H,6-10H2,1-3H3,(H,18,21). The number of carbonyl (C=O) groups excluding carboxylic acids is 1. The summed E-state index contributed by atoms with van der Waals surface area (Å²) in [5.41, 5.74) is 0.149. The Bertz CT molecular complexity index is 541. The molecule has 0 saturated carbocycles. The van der Waals surface area contributed by atoms with Crippen molar-refractivity contribution in [3.05, 3.63) is 23.8 Å². The minimum absolute atomic E-state index is 0.0115. The minimum atomic E-state index is -0.553. The zero-order valence-electron chi connectivity index (χ0n) is 13.7. The first-order chi connectivity index (χ1) is 11.0. The third-order valence-corrected chi connectivity index (χ3v) is 3.55. The Morgan fingerprint density at radius 1 is 1.61 bits per heavy atom. The molecule has 8 heteroatoms. The Labute approximate surface area is 135 Å². The fraction of sp³-hybridized carbons (Fsp3) is 0.600. The summed E-state index contributed by atoms with van der Waals surface area (Å²) < 4.78 is 24.5. The highest BCUT2D eigenvalue weighted by molar-refractivity contribution is 5.74. The summed E-state index contributed by atoms with van der Waals surface area (Å²) in [6, 6.07) is 1.19. The third kappa shape index (κ3) is 4.77. The Hall–Kier alpha value is -1.93. The van der Waals surface area contributed by atoms with Gasteiger partial charge in [-0.25, -0.2) is 9.18 Å². The third-order valence-electron chi connectivity index (χ3n) is 3.55. The number of likely N-dealkylation sites (N-methyl/N-ethyl adjacent to an activating group) is 1. The van der Waals surface area contributed by atoms with E-state index in [0.717, 1.165) is 6.54 Å². The van der Waals surface area contributed by atoms with Gasteiger partial charge in [0, 0.05) is 31.9 Å². The number of nitrogens with zero attached hydrogens (tertiary/aromatic N) is 3. The smallest absolute Gasteiger partial charge is 0.317 e. The first-order valence-corrected chi connectivity index (χ1v) is 7.47. The van der Waals surface area contributed by atoms with Crippen molar-refractivity contribution >= 4 is 6.03 Å². The second kappa shape index (κ2) is 8.07. The lowest BCUT2D eigenvalue weighted by Crippen LogP contribution is -2.51. The van der Waals surface area contributed by atoms with Crippen molar-refractivity contribution in [2.45, 2.75) is 12.6 Å². The lowest BCUT2D eigenvalue weighted by atomic mass is 10.2. The predicted octanol–water partition coefficient (Wildman–Crippen LogP) is 0.701. The molecule has 1 saturated heterocycles. The summed E-state index contributed by atoms with van der Waals surface area (Å²) in [5.74, 6) is -0.440. The average Bonchev–Trinajstić information content (AvgIpc) is 2.53. The first-order valence-electron chi connectivity index (χ1n) is 7.47. The van der Waals surface area contributed by atoms with Crippen LogP contribution >= 0.6 is 0 Å². The highest BCUT2D eigenvalue weighted by Gasteiger charge is 2.24. The van der Waals surface area contributed by atoms with Crippen LogP contribution in [0.3, 0.4) is 0 Å². The lowest BCUT2D eigenvalue weighted by Gasteiger charge is -2.34. The number of rotatable bonds is 5. The van der Waals surface area contributed by atoms with Gasteiger partial charge in [-0.15, -0.1) is 0 Å². The number of aromatic nitrogens is 1. The summed E-state index contributed by atoms with van der Waals surface area (Å²) in [5, 5.41) is 2.69. The summed E-state index contributed by atoms with van der Waals surface area (Å²) >= 11 is 0. The van der Waals surface area contributed by atoms with Crippen molar-refractivity contribution in [2.75, 3.05) is 47.4 Å². The van der Waals surface area contributed by atoms with E-state index in [9.17, 15) is 9.18 Å². The minimum Gasteiger partial charge on any atom is -0.494 e. The van der Waals surface area contributed by atoms with E-state index in [0.29, 0.717) is 19.7 Å². The Kier molecular flexibility index (Phi) is 6.12. The average molecular weight is 326 g/mol. The summed E-state index contributed by atoms with van der Waals surface area (Å²) in [7, 11) is 5.30. The molecule has 1 unspecified atom stereocenters. The van der Waals surface area contributed by atoms with E-state index in [2.05, 4.69) is 10.3 Å². The van der Waals surface area contributed by atoms with Crippen LogP contribution in [-0.4, -0.2) is 74.4 Å². The van der Waals surface area contributed by atoms with Crippen LogP contribution in [0, 0.1) is 5.82 Å². The number of urea groups is 1. The maximum absolute atomic E-state index is 14.0. The van der Waals surface area contributed by atoms with E-state index in [-0.39, 0.29) is 30.1 Å². The Morgan fingerprint density at radius 2 is 2.39 bits per heavy atom. The number of nitrogens with one attached hydrogen (secondary N) is 1. The van der Waals surface area contributed by atoms with Crippen LogP contribution < -0.4 is 10.1 Å². The van der Waals surface area contributed by atoms with E-state index in [4.69, 9.17) is 9.47 Å². The van der Waals surface area contributed by atoms with Gasteiger partial charge in [-0.3, -0.25) is 4.98 Å². The number of amides is 2. The monoisotopic (exact) mass is 326 g/mol.